The number of rotatable bonds is 6. The van der Waals surface area contributed by atoms with E-state index < -0.39 is 59.1 Å². The molecule has 0 radical (unpaired) electrons. The van der Waals surface area contributed by atoms with Gasteiger partial charge in [0.05, 0.1) is 29.8 Å². The lowest BCUT2D eigenvalue weighted by molar-refractivity contribution is -0.143. The number of nitrogens with zero attached hydrogens (tertiary/aromatic N) is 1. The number of cyclic esters (lactones) is 1. The molecule has 3 aromatic rings. The van der Waals surface area contributed by atoms with E-state index in [4.69, 9.17) is 9.47 Å². The molecule has 1 heterocycles. The van der Waals surface area contributed by atoms with Crippen LogP contribution < -0.4 is 0 Å². The molecule has 2 atom stereocenters. The first-order chi connectivity index (χ1) is 22.3. The number of allylic oxidation sites excluding steroid dienone is 1. The normalized spacial score (nSPS) is 19.8. The number of ether oxygens (including phenoxy) is 2. The molecule has 1 aliphatic carbocycles. The van der Waals surface area contributed by atoms with Gasteiger partial charge in [-0.15, -0.1) is 0 Å². The van der Waals surface area contributed by atoms with Crippen LogP contribution in [0.3, 0.4) is 0 Å². The van der Waals surface area contributed by atoms with Crippen molar-refractivity contribution in [1.82, 2.24) is 4.90 Å². The number of carbonyl (C=O) groups is 2. The van der Waals surface area contributed by atoms with E-state index in [1.165, 1.54) is 25.0 Å². The molecular weight excluding hydrogens is 643 g/mol. The van der Waals surface area contributed by atoms with Crippen LogP contribution in [0.1, 0.15) is 84.3 Å². The fraction of sp³-hybridized carbons (Fsp3) is 0.389. The SMILES string of the molecule is COC(=O)c1ccc(-c2ccc(F)c(C3=C(CN4C(=O)O[C@H](c5cc(C(F)(F)F)cc(C(F)(F)F)c5)[C@@H]4C)CC(C)(C)CC3)c2)c(C)c1. The van der Waals surface area contributed by atoms with Gasteiger partial charge < -0.3 is 9.47 Å². The molecule has 5 rings (SSSR count). The number of hydrogen-bond acceptors (Lipinski definition) is 4. The average molecular weight is 678 g/mol. The molecule has 1 fully saturated rings. The molecule has 1 amide bonds. The van der Waals surface area contributed by atoms with Gasteiger partial charge in [0.2, 0.25) is 0 Å². The molecule has 0 unspecified atom stereocenters. The standard InChI is InChI=1S/C36H34F7NO4/c1-19-12-22(32(45)47-5)6-8-27(19)21-7-9-30(37)29(15-21)28-10-11-34(3,4)17-24(28)18-44-20(2)31(48-33(44)46)23-13-25(35(38,39)40)16-26(14-23)36(41,42)43/h6-9,12-16,20,31H,10-11,17-18H2,1-5H3/t20-,31-/m0/s1. The monoisotopic (exact) mass is 677 g/mol. The second-order valence-corrected chi connectivity index (χ2v) is 13.2. The summed E-state index contributed by atoms with van der Waals surface area (Å²) in [6.07, 6.45) is -10.8. The zero-order chi connectivity index (χ0) is 35.3. The molecule has 48 heavy (non-hydrogen) atoms. The largest absolute Gasteiger partial charge is 0.465 e. The zero-order valence-corrected chi connectivity index (χ0v) is 26.9. The average Bonchev–Trinajstić information content (AvgIpc) is 3.28. The van der Waals surface area contributed by atoms with Crippen molar-refractivity contribution in [2.75, 3.05) is 13.7 Å². The molecule has 2 aliphatic rings. The van der Waals surface area contributed by atoms with Crippen LogP contribution in [0.2, 0.25) is 0 Å². The van der Waals surface area contributed by atoms with Gasteiger partial charge in [-0.2, -0.15) is 26.3 Å². The summed E-state index contributed by atoms with van der Waals surface area (Å²) in [4.78, 5) is 26.5. The first kappa shape index (κ1) is 35.0. The second-order valence-electron chi connectivity index (χ2n) is 13.2. The van der Waals surface area contributed by atoms with Crippen LogP contribution in [0.15, 0.2) is 60.2 Å². The lowest BCUT2D eigenvalue weighted by Crippen LogP contribution is -2.35. The maximum Gasteiger partial charge on any atom is 0.416 e. The Bertz CT molecular complexity index is 1760. The van der Waals surface area contributed by atoms with Crippen molar-refractivity contribution < 1.29 is 49.8 Å². The third kappa shape index (κ3) is 7.07. The summed E-state index contributed by atoms with van der Waals surface area (Å²) in [6.45, 7) is 7.31. The Labute approximate surface area is 273 Å². The van der Waals surface area contributed by atoms with Crippen LogP contribution in [0.25, 0.3) is 16.7 Å². The molecule has 12 heteroatoms. The van der Waals surface area contributed by atoms with E-state index in [1.807, 2.05) is 20.8 Å². The fourth-order valence-corrected chi connectivity index (χ4v) is 6.55. The summed E-state index contributed by atoms with van der Waals surface area (Å²) in [5.41, 5.74) is 0.619. The first-order valence-electron chi connectivity index (χ1n) is 15.3. The summed E-state index contributed by atoms with van der Waals surface area (Å²) in [5, 5.41) is 0. The number of esters is 1. The minimum atomic E-state index is -5.06. The highest BCUT2D eigenvalue weighted by molar-refractivity contribution is 5.90. The molecule has 5 nitrogen and oxygen atoms in total. The van der Waals surface area contributed by atoms with E-state index in [-0.39, 0.29) is 18.0 Å². The van der Waals surface area contributed by atoms with Crippen molar-refractivity contribution in [1.29, 1.82) is 0 Å². The number of halogens is 7. The fourth-order valence-electron chi connectivity index (χ4n) is 6.55. The van der Waals surface area contributed by atoms with E-state index in [9.17, 15) is 35.9 Å². The molecule has 1 saturated heterocycles. The van der Waals surface area contributed by atoms with Crippen LogP contribution in [0.5, 0.6) is 0 Å². The Kier molecular flexibility index (Phi) is 9.17. The minimum absolute atomic E-state index is 0.0293. The first-order valence-corrected chi connectivity index (χ1v) is 15.3. The zero-order valence-electron chi connectivity index (χ0n) is 26.9. The highest BCUT2D eigenvalue weighted by Gasteiger charge is 2.44. The maximum atomic E-state index is 15.6. The third-order valence-electron chi connectivity index (χ3n) is 9.11. The summed E-state index contributed by atoms with van der Waals surface area (Å²) >= 11 is 0. The highest BCUT2D eigenvalue weighted by atomic mass is 19.4. The van der Waals surface area contributed by atoms with Crippen LogP contribution in [-0.4, -0.2) is 36.7 Å². The highest BCUT2D eigenvalue weighted by Crippen LogP contribution is 2.46. The van der Waals surface area contributed by atoms with Gasteiger partial charge in [-0.25, -0.2) is 14.0 Å². The van der Waals surface area contributed by atoms with Crippen LogP contribution >= 0.6 is 0 Å². The molecule has 0 saturated carbocycles. The van der Waals surface area contributed by atoms with Gasteiger partial charge >= 0.3 is 24.4 Å². The number of benzene rings is 3. The lowest BCUT2D eigenvalue weighted by atomic mass is 9.72. The summed E-state index contributed by atoms with van der Waals surface area (Å²) in [7, 11) is 1.28. The van der Waals surface area contributed by atoms with Gasteiger partial charge in [-0.05, 0) is 114 Å². The van der Waals surface area contributed by atoms with Gasteiger partial charge in [0, 0.05) is 12.1 Å². The molecule has 0 N–H and O–H groups in total. The number of amides is 1. The maximum absolute atomic E-state index is 15.6. The predicted octanol–water partition coefficient (Wildman–Crippen LogP) is 10.2. The van der Waals surface area contributed by atoms with E-state index in [2.05, 4.69) is 0 Å². The van der Waals surface area contributed by atoms with Gasteiger partial charge in [0.25, 0.3) is 0 Å². The number of aryl methyl sites for hydroxylation is 1. The molecule has 0 spiro atoms. The molecule has 3 aromatic carbocycles. The van der Waals surface area contributed by atoms with Crippen molar-refractivity contribution in [3.05, 3.63) is 99.4 Å². The Morgan fingerprint density at radius 3 is 2.19 bits per heavy atom. The van der Waals surface area contributed by atoms with E-state index in [1.54, 1.807) is 30.3 Å². The Hall–Kier alpha value is -4.35. The minimum Gasteiger partial charge on any atom is -0.465 e. The second kappa shape index (κ2) is 12.6. The smallest absolute Gasteiger partial charge is 0.416 e. The van der Waals surface area contributed by atoms with Crippen molar-refractivity contribution in [2.24, 2.45) is 5.41 Å². The Morgan fingerprint density at radius 2 is 1.60 bits per heavy atom. The van der Waals surface area contributed by atoms with E-state index >= 15 is 4.39 Å². The van der Waals surface area contributed by atoms with Gasteiger partial charge in [0.15, 0.2) is 0 Å². The molecule has 0 bridgehead atoms. The lowest BCUT2D eigenvalue weighted by Gasteiger charge is -2.35. The van der Waals surface area contributed by atoms with Crippen molar-refractivity contribution in [2.45, 2.75) is 71.5 Å². The topological polar surface area (TPSA) is 55.8 Å². The van der Waals surface area contributed by atoms with Gasteiger partial charge in [-0.3, -0.25) is 4.90 Å². The van der Waals surface area contributed by atoms with E-state index in [0.717, 1.165) is 11.1 Å². The van der Waals surface area contributed by atoms with Crippen LogP contribution in [-0.2, 0) is 21.8 Å². The molecule has 256 valence electrons. The summed E-state index contributed by atoms with van der Waals surface area (Å²) in [6, 6.07) is 9.95. The number of hydrogen-bond donors (Lipinski definition) is 0. The van der Waals surface area contributed by atoms with Crippen molar-refractivity contribution >= 4 is 17.6 Å². The van der Waals surface area contributed by atoms with Crippen LogP contribution in [0, 0.1) is 18.2 Å². The van der Waals surface area contributed by atoms with E-state index in [0.29, 0.717) is 59.2 Å². The summed E-state index contributed by atoms with van der Waals surface area (Å²) in [5.74, 6) is -0.983. The third-order valence-corrected chi connectivity index (χ3v) is 9.11. The quantitative estimate of drug-likeness (QED) is 0.193. The molecular formula is C36H34F7NO4. The Balaban J connectivity index is 1.52. The summed E-state index contributed by atoms with van der Waals surface area (Å²) < 4.78 is 107. The van der Waals surface area contributed by atoms with Gasteiger partial charge in [-0.1, -0.05) is 26.0 Å². The number of methoxy groups -OCH3 is 1. The number of alkyl halides is 6. The van der Waals surface area contributed by atoms with Crippen LogP contribution in [0.4, 0.5) is 35.5 Å². The van der Waals surface area contributed by atoms with Crippen molar-refractivity contribution in [3.8, 4) is 11.1 Å². The molecule has 0 aromatic heterocycles. The predicted molar refractivity (Wildman–Crippen MR) is 164 cm³/mol. The Morgan fingerprint density at radius 1 is 0.958 bits per heavy atom. The van der Waals surface area contributed by atoms with Gasteiger partial charge in [0.1, 0.15) is 11.9 Å². The number of carbonyl (C=O) groups excluding carboxylic acids is 2. The molecule has 1 aliphatic heterocycles. The van der Waals surface area contributed by atoms with Crippen molar-refractivity contribution in [3.63, 3.8) is 0 Å².